The van der Waals surface area contributed by atoms with Crippen molar-refractivity contribution in [3.63, 3.8) is 0 Å². The number of fused-ring (bicyclic) bond motifs is 1. The summed E-state index contributed by atoms with van der Waals surface area (Å²) in [5.41, 5.74) is 5.23. The zero-order valence-corrected chi connectivity index (χ0v) is 20.6. The van der Waals surface area contributed by atoms with Gasteiger partial charge < -0.3 is 5.32 Å². The third-order valence-corrected chi connectivity index (χ3v) is 8.21. The van der Waals surface area contributed by atoms with Gasteiger partial charge in [0.15, 0.2) is 0 Å². The molecule has 0 fully saturated rings. The molecule has 0 radical (unpaired) electrons. The number of hydrogen-bond donors (Lipinski definition) is 1. The lowest BCUT2D eigenvalue weighted by Gasteiger charge is -2.26. The number of benzene rings is 3. The molecule has 0 saturated heterocycles. The van der Waals surface area contributed by atoms with Crippen LogP contribution in [0.25, 0.3) is 0 Å². The first kappa shape index (κ1) is 24.0. The molecule has 0 bridgehead atoms. The molecule has 6 heteroatoms. The Labute approximate surface area is 202 Å². The molecular formula is C28H32N2O3S. The van der Waals surface area contributed by atoms with E-state index in [4.69, 9.17) is 0 Å². The van der Waals surface area contributed by atoms with E-state index in [-0.39, 0.29) is 23.4 Å². The van der Waals surface area contributed by atoms with Gasteiger partial charge in [0.25, 0.3) is 10.0 Å². The predicted octanol–water partition coefficient (Wildman–Crippen LogP) is 5.34. The normalized spacial score (nSPS) is 14.2. The molecule has 178 valence electrons. The van der Waals surface area contributed by atoms with Crippen molar-refractivity contribution in [1.82, 2.24) is 5.32 Å². The van der Waals surface area contributed by atoms with Crippen LogP contribution in [0.5, 0.6) is 0 Å². The molecule has 1 atom stereocenters. The molecule has 0 aromatic heterocycles. The Balaban J connectivity index is 1.59. The van der Waals surface area contributed by atoms with Crippen molar-refractivity contribution in [1.29, 1.82) is 0 Å². The van der Waals surface area contributed by atoms with Gasteiger partial charge in [0.05, 0.1) is 16.6 Å². The Morgan fingerprint density at radius 1 is 0.941 bits per heavy atom. The van der Waals surface area contributed by atoms with E-state index in [1.54, 1.807) is 48.5 Å². The lowest BCUT2D eigenvalue weighted by atomic mass is 9.89. The quantitative estimate of drug-likeness (QED) is 0.477. The number of sulfonamides is 1. The van der Waals surface area contributed by atoms with Crippen LogP contribution >= 0.6 is 0 Å². The maximum atomic E-state index is 13.5. The second kappa shape index (κ2) is 10.4. The van der Waals surface area contributed by atoms with Crippen LogP contribution < -0.4 is 9.62 Å². The van der Waals surface area contributed by atoms with Crippen molar-refractivity contribution in [3.05, 3.63) is 95.1 Å². The number of amides is 1. The largest absolute Gasteiger partial charge is 0.348 e. The summed E-state index contributed by atoms with van der Waals surface area (Å²) in [6.07, 6.45) is 5.33. The maximum absolute atomic E-state index is 13.5. The number of anilines is 1. The minimum absolute atomic E-state index is 0.158. The van der Waals surface area contributed by atoms with Crippen LogP contribution in [0.2, 0.25) is 0 Å². The Hall–Kier alpha value is -3.12. The van der Waals surface area contributed by atoms with Gasteiger partial charge >= 0.3 is 0 Å². The molecule has 0 spiro atoms. The highest BCUT2D eigenvalue weighted by Gasteiger charge is 2.28. The molecule has 5 nitrogen and oxygen atoms in total. The summed E-state index contributed by atoms with van der Waals surface area (Å²) in [5, 5.41) is 3.08. The average molecular weight is 477 g/mol. The highest BCUT2D eigenvalue weighted by Crippen LogP contribution is 2.27. The van der Waals surface area contributed by atoms with Crippen LogP contribution in [0, 0.1) is 6.92 Å². The van der Waals surface area contributed by atoms with E-state index in [1.165, 1.54) is 28.3 Å². The van der Waals surface area contributed by atoms with E-state index in [9.17, 15) is 13.2 Å². The number of rotatable bonds is 8. The van der Waals surface area contributed by atoms with Gasteiger partial charge in [0.1, 0.15) is 6.54 Å². The second-order valence-electron chi connectivity index (χ2n) is 8.93. The van der Waals surface area contributed by atoms with E-state index >= 15 is 0 Å². The van der Waals surface area contributed by atoms with Crippen molar-refractivity contribution in [2.45, 2.75) is 56.9 Å². The molecule has 4 rings (SSSR count). The van der Waals surface area contributed by atoms with Gasteiger partial charge in [0.2, 0.25) is 5.91 Å². The molecule has 34 heavy (non-hydrogen) atoms. The molecule has 1 amide bonds. The van der Waals surface area contributed by atoms with Crippen molar-refractivity contribution in [3.8, 4) is 0 Å². The molecule has 1 N–H and O–H groups in total. The lowest BCUT2D eigenvalue weighted by Crippen LogP contribution is -2.42. The number of nitrogens with one attached hydrogen (secondary N) is 1. The first-order valence-corrected chi connectivity index (χ1v) is 13.4. The van der Waals surface area contributed by atoms with Crippen LogP contribution in [0.4, 0.5) is 5.69 Å². The average Bonchev–Trinajstić information content (AvgIpc) is 2.86. The van der Waals surface area contributed by atoms with E-state index in [1.807, 2.05) is 19.9 Å². The molecular weight excluding hydrogens is 444 g/mol. The standard InChI is InChI=1S/C28H32N2O3S/c1-3-27(24-17-16-22-11-7-8-12-23(22)19-24)29-28(31)20-30(25-13-9-10-21(2)18-25)34(32,33)26-14-5-4-6-15-26/h4-6,9-10,13-19,27H,3,7-8,11-12,20H2,1-2H3,(H,29,31). The zero-order chi connectivity index (χ0) is 24.1. The number of carbonyl (C=O) groups excluding carboxylic acids is 1. The maximum Gasteiger partial charge on any atom is 0.264 e. The van der Waals surface area contributed by atoms with Gasteiger partial charge in [-0.15, -0.1) is 0 Å². The first-order valence-electron chi connectivity index (χ1n) is 11.9. The molecule has 1 aliphatic rings. The lowest BCUT2D eigenvalue weighted by molar-refractivity contribution is -0.120. The minimum atomic E-state index is -3.91. The summed E-state index contributed by atoms with van der Waals surface area (Å²) in [6.45, 7) is 3.64. The third-order valence-electron chi connectivity index (χ3n) is 6.43. The van der Waals surface area contributed by atoms with Crippen LogP contribution in [-0.4, -0.2) is 20.9 Å². The van der Waals surface area contributed by atoms with Crippen molar-refractivity contribution in [2.75, 3.05) is 10.8 Å². The van der Waals surface area contributed by atoms with Crippen molar-refractivity contribution < 1.29 is 13.2 Å². The number of hydrogen-bond acceptors (Lipinski definition) is 3. The summed E-state index contributed by atoms with van der Waals surface area (Å²) in [5.74, 6) is -0.328. The van der Waals surface area contributed by atoms with E-state index < -0.39 is 10.0 Å². The summed E-state index contributed by atoms with van der Waals surface area (Å²) < 4.78 is 28.2. The van der Waals surface area contributed by atoms with E-state index in [0.717, 1.165) is 30.4 Å². The smallest absolute Gasteiger partial charge is 0.264 e. The van der Waals surface area contributed by atoms with Crippen LogP contribution in [0.15, 0.2) is 77.7 Å². The minimum Gasteiger partial charge on any atom is -0.348 e. The fraction of sp³-hybridized carbons (Fsp3) is 0.321. The fourth-order valence-corrected chi connectivity index (χ4v) is 6.01. The zero-order valence-electron chi connectivity index (χ0n) is 19.8. The summed E-state index contributed by atoms with van der Waals surface area (Å²) in [6, 6.07) is 21.8. The topological polar surface area (TPSA) is 66.5 Å². The SMILES string of the molecule is CCC(NC(=O)CN(c1cccc(C)c1)S(=O)(=O)c1ccccc1)c1ccc2c(c1)CCCC2. The van der Waals surface area contributed by atoms with Crippen LogP contribution in [0.1, 0.15) is 54.5 Å². The summed E-state index contributed by atoms with van der Waals surface area (Å²) in [4.78, 5) is 13.4. The van der Waals surface area contributed by atoms with E-state index in [0.29, 0.717) is 5.69 Å². The molecule has 0 heterocycles. The highest BCUT2D eigenvalue weighted by molar-refractivity contribution is 7.92. The van der Waals surface area contributed by atoms with Gasteiger partial charge in [-0.3, -0.25) is 9.10 Å². The summed E-state index contributed by atoms with van der Waals surface area (Å²) >= 11 is 0. The van der Waals surface area contributed by atoms with Gasteiger partial charge in [-0.1, -0.05) is 55.5 Å². The Kier molecular flexibility index (Phi) is 7.37. The van der Waals surface area contributed by atoms with Gasteiger partial charge in [-0.05, 0) is 85.5 Å². The van der Waals surface area contributed by atoms with Crippen molar-refractivity contribution >= 4 is 21.6 Å². The summed E-state index contributed by atoms with van der Waals surface area (Å²) in [7, 11) is -3.91. The molecule has 1 unspecified atom stereocenters. The predicted molar refractivity (Wildman–Crippen MR) is 136 cm³/mol. The van der Waals surface area contributed by atoms with Crippen molar-refractivity contribution in [2.24, 2.45) is 0 Å². The molecule has 1 aliphatic carbocycles. The molecule has 0 saturated carbocycles. The highest BCUT2D eigenvalue weighted by atomic mass is 32.2. The van der Waals surface area contributed by atoms with Gasteiger partial charge in [-0.2, -0.15) is 0 Å². The van der Waals surface area contributed by atoms with Gasteiger partial charge in [0, 0.05) is 0 Å². The third kappa shape index (κ3) is 5.33. The monoisotopic (exact) mass is 476 g/mol. The Morgan fingerprint density at radius 3 is 2.38 bits per heavy atom. The number of nitrogens with zero attached hydrogens (tertiary/aromatic N) is 1. The first-order chi connectivity index (χ1) is 16.4. The van der Waals surface area contributed by atoms with Gasteiger partial charge in [-0.25, -0.2) is 8.42 Å². The van der Waals surface area contributed by atoms with E-state index in [2.05, 4.69) is 23.5 Å². The Bertz CT molecular complexity index is 1260. The van der Waals surface area contributed by atoms with Crippen LogP contribution in [0.3, 0.4) is 0 Å². The molecule has 3 aromatic rings. The molecule has 0 aliphatic heterocycles. The second-order valence-corrected chi connectivity index (χ2v) is 10.8. The number of aryl methyl sites for hydroxylation is 3. The number of carbonyl (C=O) groups is 1. The van der Waals surface area contributed by atoms with Crippen LogP contribution in [-0.2, 0) is 27.7 Å². The fourth-order valence-electron chi connectivity index (χ4n) is 4.58. The molecule has 3 aromatic carbocycles. The Morgan fingerprint density at radius 2 is 1.68 bits per heavy atom.